The topological polar surface area (TPSA) is 29.1 Å². The van der Waals surface area contributed by atoms with Crippen molar-refractivity contribution in [3.05, 3.63) is 28.3 Å². The van der Waals surface area contributed by atoms with Gasteiger partial charge in [-0.15, -0.1) is 0 Å². The maximum Gasteiger partial charge on any atom is 0.221 e. The number of rotatable bonds is 1. The second kappa shape index (κ2) is 3.62. The number of anilines is 1. The molecule has 1 amide bonds. The zero-order valence-electron chi connectivity index (χ0n) is 9.73. The number of carbonyl (C=O) groups excluding carboxylic acids is 1. The molecule has 84 valence electrons. The van der Waals surface area contributed by atoms with Gasteiger partial charge in [0.2, 0.25) is 5.91 Å². The van der Waals surface area contributed by atoms with E-state index in [1.54, 1.807) is 6.92 Å². The molecule has 2 heteroatoms. The fourth-order valence-corrected chi connectivity index (χ4v) is 3.14. The number of aryl methyl sites for hydroxylation is 2. The summed E-state index contributed by atoms with van der Waals surface area (Å²) in [5.74, 6) is 0.0643. The molecule has 0 heterocycles. The number of fused-ring (bicyclic) bond motifs is 2. The maximum atomic E-state index is 11.3. The first kappa shape index (κ1) is 9.88. The summed E-state index contributed by atoms with van der Waals surface area (Å²) in [6, 6.07) is 2.38. The van der Waals surface area contributed by atoms with E-state index in [-0.39, 0.29) is 5.91 Å². The van der Waals surface area contributed by atoms with Crippen molar-refractivity contribution in [2.24, 2.45) is 0 Å². The number of nitrogens with one attached hydrogen (secondary N) is 1. The van der Waals surface area contributed by atoms with Crippen LogP contribution in [0.4, 0.5) is 5.69 Å². The van der Waals surface area contributed by atoms with E-state index in [9.17, 15) is 4.79 Å². The first-order valence-corrected chi connectivity index (χ1v) is 6.20. The summed E-state index contributed by atoms with van der Waals surface area (Å²) in [6.07, 6.45) is 7.14. The van der Waals surface area contributed by atoms with E-state index in [1.165, 1.54) is 47.9 Å². The summed E-state index contributed by atoms with van der Waals surface area (Å²) in [5.41, 5.74) is 6.94. The van der Waals surface area contributed by atoms with E-state index < -0.39 is 0 Å². The van der Waals surface area contributed by atoms with E-state index in [0.717, 1.165) is 18.5 Å². The second-order valence-corrected chi connectivity index (χ2v) is 4.92. The summed E-state index contributed by atoms with van der Waals surface area (Å²) in [5, 5.41) is 3.07. The Balaban J connectivity index is 2.15. The molecule has 0 radical (unpaired) electrons. The summed E-state index contributed by atoms with van der Waals surface area (Å²) in [4.78, 5) is 11.3. The molecule has 0 saturated heterocycles. The quantitative estimate of drug-likeness (QED) is 0.766. The lowest BCUT2D eigenvalue weighted by molar-refractivity contribution is -0.114. The van der Waals surface area contributed by atoms with Crippen LogP contribution in [0.1, 0.15) is 42.0 Å². The van der Waals surface area contributed by atoms with Crippen molar-refractivity contribution < 1.29 is 4.79 Å². The van der Waals surface area contributed by atoms with Gasteiger partial charge in [0, 0.05) is 12.6 Å². The molecular weight excluding hydrogens is 198 g/mol. The number of carbonyl (C=O) groups is 1. The molecule has 2 aliphatic rings. The van der Waals surface area contributed by atoms with Gasteiger partial charge in [-0.25, -0.2) is 0 Å². The smallest absolute Gasteiger partial charge is 0.221 e. The van der Waals surface area contributed by atoms with Crippen molar-refractivity contribution in [3.63, 3.8) is 0 Å². The SMILES string of the molecule is CC(=O)Nc1c2c(cc3c1CCC3)CCC2. The lowest BCUT2D eigenvalue weighted by Gasteiger charge is -2.14. The Labute approximate surface area is 96.1 Å². The molecule has 1 N–H and O–H groups in total. The summed E-state index contributed by atoms with van der Waals surface area (Å²) in [7, 11) is 0. The highest BCUT2D eigenvalue weighted by Crippen LogP contribution is 2.38. The monoisotopic (exact) mass is 215 g/mol. The van der Waals surface area contributed by atoms with Crippen molar-refractivity contribution in [1.82, 2.24) is 0 Å². The van der Waals surface area contributed by atoms with Crippen LogP contribution in [0.2, 0.25) is 0 Å². The highest BCUT2D eigenvalue weighted by molar-refractivity contribution is 5.91. The van der Waals surface area contributed by atoms with Gasteiger partial charge in [-0.3, -0.25) is 4.79 Å². The van der Waals surface area contributed by atoms with Gasteiger partial charge in [0.1, 0.15) is 0 Å². The molecule has 0 bridgehead atoms. The fourth-order valence-electron chi connectivity index (χ4n) is 3.14. The van der Waals surface area contributed by atoms with Crippen LogP contribution >= 0.6 is 0 Å². The molecule has 16 heavy (non-hydrogen) atoms. The van der Waals surface area contributed by atoms with Crippen LogP contribution in [0.25, 0.3) is 0 Å². The Hall–Kier alpha value is -1.31. The predicted molar refractivity (Wildman–Crippen MR) is 64.8 cm³/mol. The van der Waals surface area contributed by atoms with E-state index in [0.29, 0.717) is 0 Å². The van der Waals surface area contributed by atoms with Crippen molar-refractivity contribution in [2.45, 2.75) is 45.4 Å². The van der Waals surface area contributed by atoms with Gasteiger partial charge >= 0.3 is 0 Å². The molecule has 2 nitrogen and oxygen atoms in total. The Morgan fingerprint density at radius 1 is 1.06 bits per heavy atom. The normalized spacial score (nSPS) is 17.1. The van der Waals surface area contributed by atoms with E-state index in [1.807, 2.05) is 0 Å². The third-order valence-corrected chi connectivity index (χ3v) is 3.77. The van der Waals surface area contributed by atoms with Gasteiger partial charge in [-0.1, -0.05) is 6.07 Å². The van der Waals surface area contributed by atoms with E-state index in [4.69, 9.17) is 0 Å². The van der Waals surface area contributed by atoms with Gasteiger partial charge in [-0.05, 0) is 60.8 Å². The van der Waals surface area contributed by atoms with Crippen LogP contribution in [0.3, 0.4) is 0 Å². The van der Waals surface area contributed by atoms with Gasteiger partial charge in [0.25, 0.3) is 0 Å². The number of hydrogen-bond acceptors (Lipinski definition) is 1. The van der Waals surface area contributed by atoms with Crippen molar-refractivity contribution in [3.8, 4) is 0 Å². The minimum atomic E-state index is 0.0643. The lowest BCUT2D eigenvalue weighted by atomic mass is 9.99. The van der Waals surface area contributed by atoms with Crippen LogP contribution < -0.4 is 5.32 Å². The van der Waals surface area contributed by atoms with Crippen molar-refractivity contribution in [1.29, 1.82) is 0 Å². The zero-order chi connectivity index (χ0) is 11.1. The molecule has 0 spiro atoms. The van der Waals surface area contributed by atoms with Gasteiger partial charge < -0.3 is 5.32 Å². The summed E-state index contributed by atoms with van der Waals surface area (Å²) >= 11 is 0. The molecule has 0 aromatic heterocycles. The van der Waals surface area contributed by atoms with Crippen LogP contribution in [0.5, 0.6) is 0 Å². The Morgan fingerprint density at radius 2 is 1.62 bits per heavy atom. The minimum Gasteiger partial charge on any atom is -0.326 e. The highest BCUT2D eigenvalue weighted by atomic mass is 16.1. The molecule has 0 aliphatic heterocycles. The van der Waals surface area contributed by atoms with Crippen LogP contribution in [-0.2, 0) is 30.5 Å². The van der Waals surface area contributed by atoms with Crippen LogP contribution in [0.15, 0.2) is 6.07 Å². The first-order chi connectivity index (χ1) is 7.75. The predicted octanol–water partition coefficient (Wildman–Crippen LogP) is 2.62. The summed E-state index contributed by atoms with van der Waals surface area (Å²) < 4.78 is 0. The Morgan fingerprint density at radius 3 is 2.12 bits per heavy atom. The van der Waals surface area contributed by atoms with Crippen molar-refractivity contribution >= 4 is 11.6 Å². The lowest BCUT2D eigenvalue weighted by Crippen LogP contribution is -2.11. The summed E-state index contributed by atoms with van der Waals surface area (Å²) in [6.45, 7) is 1.61. The molecular formula is C14H17NO. The van der Waals surface area contributed by atoms with Gasteiger partial charge in [0.15, 0.2) is 0 Å². The van der Waals surface area contributed by atoms with Crippen molar-refractivity contribution in [2.75, 3.05) is 5.32 Å². The molecule has 0 unspecified atom stereocenters. The second-order valence-electron chi connectivity index (χ2n) is 4.92. The molecule has 0 atom stereocenters. The molecule has 1 aromatic carbocycles. The third kappa shape index (κ3) is 1.44. The van der Waals surface area contributed by atoms with Gasteiger partial charge in [0.05, 0.1) is 0 Å². The number of hydrogen-bond donors (Lipinski definition) is 1. The molecule has 0 fully saturated rings. The average Bonchev–Trinajstić information content (AvgIpc) is 2.83. The molecule has 1 aromatic rings. The minimum absolute atomic E-state index is 0.0643. The van der Waals surface area contributed by atoms with Gasteiger partial charge in [-0.2, -0.15) is 0 Å². The number of benzene rings is 1. The number of amides is 1. The zero-order valence-corrected chi connectivity index (χ0v) is 9.73. The standard InChI is InChI=1S/C14H17NO/c1-9(16)15-14-12-6-2-4-10(12)8-11-5-3-7-13(11)14/h8H,2-7H2,1H3,(H,15,16). The van der Waals surface area contributed by atoms with Crippen LogP contribution in [0, 0.1) is 0 Å². The van der Waals surface area contributed by atoms with Crippen LogP contribution in [-0.4, -0.2) is 5.91 Å². The average molecular weight is 215 g/mol. The Bertz CT molecular complexity index is 430. The van der Waals surface area contributed by atoms with E-state index >= 15 is 0 Å². The maximum absolute atomic E-state index is 11.3. The molecule has 0 saturated carbocycles. The molecule has 3 rings (SSSR count). The largest absolute Gasteiger partial charge is 0.326 e. The highest BCUT2D eigenvalue weighted by Gasteiger charge is 2.24. The first-order valence-electron chi connectivity index (χ1n) is 6.20. The molecule has 2 aliphatic carbocycles. The fraction of sp³-hybridized carbons (Fsp3) is 0.500. The third-order valence-electron chi connectivity index (χ3n) is 3.77. The van der Waals surface area contributed by atoms with E-state index in [2.05, 4.69) is 11.4 Å². The Kier molecular flexibility index (Phi) is 2.23.